The minimum absolute atomic E-state index is 0.0388. The first kappa shape index (κ1) is 41.0. The number of hydrogen-bond donors (Lipinski definition) is 6. The molecule has 0 heterocycles. The van der Waals surface area contributed by atoms with Crippen LogP contribution in [0.5, 0.6) is 0 Å². The number of rotatable bonds is 22. The first-order valence-corrected chi connectivity index (χ1v) is 18.6. The van der Waals surface area contributed by atoms with Crippen molar-refractivity contribution in [3.05, 3.63) is 120 Å². The molecule has 0 saturated heterocycles. The van der Waals surface area contributed by atoms with E-state index in [1.54, 1.807) is 0 Å². The molecular weight excluding hydrogens is 677 g/mol. The highest BCUT2D eigenvalue weighted by atomic mass is 16.2. The van der Waals surface area contributed by atoms with Crippen LogP contribution in [0.1, 0.15) is 56.1 Å². The van der Waals surface area contributed by atoms with Gasteiger partial charge in [-0.3, -0.25) is 24.4 Å². The second kappa shape index (κ2) is 21.7. The van der Waals surface area contributed by atoms with Crippen LogP contribution in [0.2, 0.25) is 0 Å². The molecule has 4 rings (SSSR count). The highest BCUT2D eigenvalue weighted by Gasteiger charge is 2.29. The number of amides is 1. The molecule has 0 spiro atoms. The molecule has 0 fully saturated rings. The third kappa shape index (κ3) is 14.0. The van der Waals surface area contributed by atoms with Gasteiger partial charge in [0.25, 0.3) is 0 Å². The zero-order chi connectivity index (χ0) is 38.7. The van der Waals surface area contributed by atoms with Crippen molar-refractivity contribution in [2.75, 3.05) is 13.1 Å². The van der Waals surface area contributed by atoms with Crippen molar-refractivity contribution in [3.63, 3.8) is 0 Å². The van der Waals surface area contributed by atoms with E-state index in [-0.39, 0.29) is 42.2 Å². The third-order valence-electron chi connectivity index (χ3n) is 9.34. The molecule has 0 aromatic heterocycles. The summed E-state index contributed by atoms with van der Waals surface area (Å²) in [4.78, 5) is 49.3. The lowest BCUT2D eigenvalue weighted by atomic mass is 9.90. The summed E-state index contributed by atoms with van der Waals surface area (Å²) in [5, 5.41) is 3.02. The molecule has 1 amide bonds. The molecule has 0 aliphatic carbocycles. The Hall–Kier alpha value is -5.81. The van der Waals surface area contributed by atoms with Gasteiger partial charge < -0.3 is 34.0 Å². The predicted molar refractivity (Wildman–Crippen MR) is 218 cm³/mol. The Bertz CT molecular complexity index is 1820. The van der Waals surface area contributed by atoms with Crippen molar-refractivity contribution >= 4 is 29.4 Å². The Morgan fingerprint density at radius 1 is 0.556 bits per heavy atom. The number of carbonyl (C=O) groups excluding carboxylic acids is 3. The van der Waals surface area contributed by atoms with Crippen LogP contribution in [0.15, 0.2) is 119 Å². The van der Waals surface area contributed by atoms with Crippen LogP contribution in [-0.4, -0.2) is 54.6 Å². The fraction of sp³-hybridized carbons (Fsp3) is 0.326. The smallest absolute Gasteiger partial charge is 0.224 e. The van der Waals surface area contributed by atoms with E-state index in [4.69, 9.17) is 28.7 Å². The van der Waals surface area contributed by atoms with Crippen molar-refractivity contribution in [1.82, 2.24) is 5.32 Å². The maximum atomic E-state index is 14.0. The summed E-state index contributed by atoms with van der Waals surface area (Å²) in [7, 11) is 0. The molecule has 4 aromatic rings. The van der Waals surface area contributed by atoms with Gasteiger partial charge in [-0.25, -0.2) is 0 Å². The van der Waals surface area contributed by atoms with E-state index in [1.807, 2.05) is 109 Å². The molecule has 11 nitrogen and oxygen atoms in total. The lowest BCUT2D eigenvalue weighted by Gasteiger charge is -2.23. The van der Waals surface area contributed by atoms with E-state index in [0.29, 0.717) is 45.2 Å². The van der Waals surface area contributed by atoms with E-state index in [9.17, 15) is 14.4 Å². The largest absolute Gasteiger partial charge is 0.370 e. The van der Waals surface area contributed by atoms with Crippen molar-refractivity contribution in [3.8, 4) is 22.3 Å². The van der Waals surface area contributed by atoms with E-state index < -0.39 is 18.0 Å². The predicted octanol–water partition coefficient (Wildman–Crippen LogP) is 4.65. The Morgan fingerprint density at radius 2 is 1.04 bits per heavy atom. The first-order chi connectivity index (χ1) is 26.1. The van der Waals surface area contributed by atoms with Crippen LogP contribution in [-0.2, 0) is 27.2 Å². The van der Waals surface area contributed by atoms with Gasteiger partial charge in [0.2, 0.25) is 5.91 Å². The molecule has 0 unspecified atom stereocenters. The van der Waals surface area contributed by atoms with E-state index in [1.165, 1.54) is 0 Å². The molecule has 0 aliphatic heterocycles. The molecule has 0 saturated carbocycles. The monoisotopic (exact) mass is 730 g/mol. The second-order valence-corrected chi connectivity index (χ2v) is 13.6. The van der Waals surface area contributed by atoms with Crippen molar-refractivity contribution in [2.24, 2.45) is 44.6 Å². The standard InChI is InChI=1S/C43H54N8O3/c44-37(27-30-17-21-34(22-18-30)32-11-4-1-5-12-32)40(53)29-36(15-10-26-50-43(47)48)41(54)51-38(39(52)16-8-3-9-25-49-42(45)46)28-31-19-23-35(24-20-31)33-13-6-2-7-14-33/h1-2,4-7,11-14,17-24,36-38H,3,8-10,15-16,25-29,44H2,(H,51,54)(H4,45,46,49)(H4,47,48,50)/t36-,37-,38+/m1/s1. The number of unbranched alkanes of at least 4 members (excludes halogenated alkanes) is 2. The molecule has 0 radical (unpaired) electrons. The van der Waals surface area contributed by atoms with Crippen LogP contribution < -0.4 is 34.0 Å². The number of aliphatic imine (C=N–C) groups is 2. The van der Waals surface area contributed by atoms with Crippen LogP contribution in [0.4, 0.5) is 0 Å². The zero-order valence-corrected chi connectivity index (χ0v) is 30.9. The van der Waals surface area contributed by atoms with Crippen LogP contribution in [0, 0.1) is 5.92 Å². The molecule has 4 aromatic carbocycles. The van der Waals surface area contributed by atoms with Gasteiger partial charge >= 0.3 is 0 Å². The topological polar surface area (TPSA) is 218 Å². The summed E-state index contributed by atoms with van der Waals surface area (Å²) >= 11 is 0. The van der Waals surface area contributed by atoms with Gasteiger partial charge in [-0.1, -0.05) is 116 Å². The first-order valence-electron chi connectivity index (χ1n) is 18.6. The number of carbonyl (C=O) groups is 3. The summed E-state index contributed by atoms with van der Waals surface area (Å²) in [6, 6.07) is 34.4. The SMILES string of the molecule is NC(N)=NCCCCCC(=O)[C@H](Cc1ccc(-c2ccccc2)cc1)NC(=O)[C@H](CCCN=C(N)N)CC(=O)[C@H](N)Cc1ccc(-c2ccccc2)cc1. The van der Waals surface area contributed by atoms with E-state index in [0.717, 1.165) is 46.2 Å². The van der Waals surface area contributed by atoms with Gasteiger partial charge in [-0.2, -0.15) is 0 Å². The number of Topliss-reactive ketones (excluding diaryl/α,β-unsaturated/α-hetero) is 2. The lowest BCUT2D eigenvalue weighted by Crippen LogP contribution is -2.46. The third-order valence-corrected chi connectivity index (χ3v) is 9.34. The van der Waals surface area contributed by atoms with Gasteiger partial charge in [0, 0.05) is 31.8 Å². The number of benzene rings is 4. The number of nitrogens with one attached hydrogen (secondary N) is 1. The zero-order valence-electron chi connectivity index (χ0n) is 30.9. The van der Waals surface area contributed by atoms with Crippen molar-refractivity contribution in [1.29, 1.82) is 0 Å². The Balaban J connectivity index is 1.46. The van der Waals surface area contributed by atoms with Gasteiger partial charge in [0.05, 0.1) is 12.1 Å². The number of ketones is 2. The Kier molecular flexibility index (Phi) is 16.4. The van der Waals surface area contributed by atoms with Gasteiger partial charge in [-0.15, -0.1) is 0 Å². The molecule has 0 aliphatic rings. The van der Waals surface area contributed by atoms with Crippen LogP contribution in [0.25, 0.3) is 22.3 Å². The van der Waals surface area contributed by atoms with Crippen molar-refractivity contribution in [2.45, 2.75) is 69.9 Å². The molecule has 3 atom stereocenters. The highest BCUT2D eigenvalue weighted by Crippen LogP contribution is 2.22. The number of guanidine groups is 2. The highest BCUT2D eigenvalue weighted by molar-refractivity contribution is 5.93. The van der Waals surface area contributed by atoms with Crippen LogP contribution >= 0.6 is 0 Å². The average molecular weight is 731 g/mol. The fourth-order valence-electron chi connectivity index (χ4n) is 6.30. The number of hydrogen-bond acceptors (Lipinski definition) is 6. The second-order valence-electron chi connectivity index (χ2n) is 13.6. The summed E-state index contributed by atoms with van der Waals surface area (Å²) in [6.07, 6.45) is 3.76. The number of nitrogens with two attached hydrogens (primary N) is 5. The lowest BCUT2D eigenvalue weighted by molar-refractivity contribution is -0.133. The van der Waals surface area contributed by atoms with E-state index >= 15 is 0 Å². The number of nitrogens with zero attached hydrogens (tertiary/aromatic N) is 2. The summed E-state index contributed by atoms with van der Waals surface area (Å²) in [5.41, 5.74) is 34.5. The van der Waals surface area contributed by atoms with Gasteiger partial charge in [0.15, 0.2) is 23.5 Å². The maximum Gasteiger partial charge on any atom is 0.224 e. The molecule has 54 heavy (non-hydrogen) atoms. The Morgan fingerprint density at radius 3 is 1.56 bits per heavy atom. The maximum absolute atomic E-state index is 14.0. The normalized spacial score (nSPS) is 12.5. The average Bonchev–Trinajstić information content (AvgIpc) is 3.18. The minimum Gasteiger partial charge on any atom is -0.370 e. The van der Waals surface area contributed by atoms with Crippen LogP contribution in [0.3, 0.4) is 0 Å². The molecule has 11 heteroatoms. The van der Waals surface area contributed by atoms with Gasteiger partial charge in [-0.05, 0) is 71.9 Å². The Labute approximate surface area is 318 Å². The quantitative estimate of drug-likeness (QED) is 0.0379. The van der Waals surface area contributed by atoms with Gasteiger partial charge in [0.1, 0.15) is 0 Å². The van der Waals surface area contributed by atoms with E-state index in [2.05, 4.69) is 15.3 Å². The van der Waals surface area contributed by atoms with Crippen molar-refractivity contribution < 1.29 is 14.4 Å². The molecule has 284 valence electrons. The summed E-state index contributed by atoms with van der Waals surface area (Å²) in [6.45, 7) is 0.789. The minimum atomic E-state index is -0.805. The fourth-order valence-corrected chi connectivity index (χ4v) is 6.30. The molecule has 11 N–H and O–H groups in total. The summed E-state index contributed by atoms with van der Waals surface area (Å²) in [5.74, 6) is -1.43. The molecular formula is C43H54N8O3. The summed E-state index contributed by atoms with van der Waals surface area (Å²) < 4.78 is 0. The molecule has 0 bridgehead atoms.